The third-order valence-electron chi connectivity index (χ3n) is 3.85. The topological polar surface area (TPSA) is 29.3 Å². The van der Waals surface area contributed by atoms with E-state index < -0.39 is 0 Å². The fraction of sp³-hybridized carbons (Fsp3) is 0.375. The molecule has 2 aliphatic heterocycles. The Bertz CT molecular complexity index is 635. The summed E-state index contributed by atoms with van der Waals surface area (Å²) in [6.07, 6.45) is 5.87. The van der Waals surface area contributed by atoms with E-state index in [4.69, 9.17) is 28.9 Å². The summed E-state index contributed by atoms with van der Waals surface area (Å²) in [5.74, 6) is 0. The molecule has 118 valence electrons. The van der Waals surface area contributed by atoms with Gasteiger partial charge in [-0.25, -0.2) is 0 Å². The van der Waals surface area contributed by atoms with Crippen LogP contribution < -0.4 is 5.73 Å². The fourth-order valence-electron chi connectivity index (χ4n) is 2.56. The third kappa shape index (κ3) is 3.26. The van der Waals surface area contributed by atoms with Gasteiger partial charge in [-0.2, -0.15) is 0 Å². The maximum atomic E-state index is 6.69. The van der Waals surface area contributed by atoms with Gasteiger partial charge < -0.3 is 10.6 Å². The lowest BCUT2D eigenvalue weighted by Crippen LogP contribution is -2.24. The van der Waals surface area contributed by atoms with Gasteiger partial charge in [-0.05, 0) is 36.4 Å². The van der Waals surface area contributed by atoms with Crippen LogP contribution in [0.3, 0.4) is 0 Å². The van der Waals surface area contributed by atoms with Gasteiger partial charge in [0.1, 0.15) is 5.16 Å². The highest BCUT2D eigenvalue weighted by Gasteiger charge is 2.35. The molecule has 0 bridgehead atoms. The zero-order chi connectivity index (χ0) is 15.7. The number of hydrogen-bond acceptors (Lipinski definition) is 4. The monoisotopic (exact) mass is 372 g/mol. The molecule has 22 heavy (non-hydrogen) atoms. The molecule has 0 aliphatic carbocycles. The van der Waals surface area contributed by atoms with E-state index in [1.54, 1.807) is 23.1 Å². The number of nitrogens with two attached hydrogens (primary N) is 1. The first-order valence-electron chi connectivity index (χ1n) is 7.29. The summed E-state index contributed by atoms with van der Waals surface area (Å²) in [6.45, 7) is 2.86. The number of thioether (sulfide) groups is 1. The van der Waals surface area contributed by atoms with Gasteiger partial charge >= 0.3 is 0 Å². The van der Waals surface area contributed by atoms with Gasteiger partial charge in [-0.15, -0.1) is 23.1 Å². The van der Waals surface area contributed by atoms with Crippen LogP contribution in [-0.2, 0) is 6.54 Å². The molecular weight excluding hydrogens is 355 g/mol. The molecule has 1 aromatic heterocycles. The smallest absolute Gasteiger partial charge is 0.109 e. The summed E-state index contributed by atoms with van der Waals surface area (Å²) in [5, 5.41) is 3.91. The van der Waals surface area contributed by atoms with Crippen LogP contribution in [0.15, 0.2) is 50.5 Å². The molecule has 2 nitrogen and oxygen atoms in total. The number of allylic oxidation sites excluding steroid dienone is 2. The highest BCUT2D eigenvalue weighted by atomic mass is 35.5. The molecule has 6 heteroatoms. The van der Waals surface area contributed by atoms with Crippen LogP contribution in [0, 0.1) is 0 Å². The zero-order valence-electron chi connectivity index (χ0n) is 12.3. The lowest BCUT2D eigenvalue weighted by Gasteiger charge is -2.28. The molecule has 0 saturated carbocycles. The second-order valence-electron chi connectivity index (χ2n) is 5.39. The van der Waals surface area contributed by atoms with Gasteiger partial charge in [0.2, 0.25) is 0 Å². The summed E-state index contributed by atoms with van der Waals surface area (Å²) in [6, 6.07) is 4.36. The molecule has 2 aliphatic rings. The summed E-state index contributed by atoms with van der Waals surface area (Å²) in [7, 11) is 0. The van der Waals surface area contributed by atoms with Crippen LogP contribution in [0.25, 0.3) is 0 Å². The maximum Gasteiger partial charge on any atom is 0.109 e. The fourth-order valence-corrected chi connectivity index (χ4v) is 5.28. The van der Waals surface area contributed by atoms with Crippen molar-refractivity contribution in [1.29, 1.82) is 0 Å². The van der Waals surface area contributed by atoms with Crippen molar-refractivity contribution in [3.05, 3.63) is 55.3 Å². The Hall–Kier alpha value is -0.390. The van der Waals surface area contributed by atoms with E-state index >= 15 is 0 Å². The molecule has 2 atom stereocenters. The molecule has 2 N–H and O–H groups in total. The number of halogens is 2. The average molecular weight is 373 g/mol. The van der Waals surface area contributed by atoms with Crippen LogP contribution in [0.1, 0.15) is 24.6 Å². The molecule has 3 heterocycles. The highest BCUT2D eigenvalue weighted by molar-refractivity contribution is 8.04. The molecule has 0 spiro atoms. The minimum Gasteiger partial charge on any atom is -0.328 e. The molecule has 0 radical (unpaired) electrons. The van der Waals surface area contributed by atoms with Crippen molar-refractivity contribution in [2.75, 3.05) is 0 Å². The lowest BCUT2D eigenvalue weighted by atomic mass is 10.1. The predicted molar refractivity (Wildman–Crippen MR) is 99.0 cm³/mol. The Morgan fingerprint density at radius 3 is 2.86 bits per heavy atom. The summed E-state index contributed by atoms with van der Waals surface area (Å²) in [4.78, 5) is 4.57. The second-order valence-corrected chi connectivity index (χ2v) is 8.46. The van der Waals surface area contributed by atoms with Crippen LogP contribution in [-0.4, -0.2) is 16.2 Å². The predicted octanol–water partition coefficient (Wildman–Crippen LogP) is 5.22. The number of thiophene rings is 1. The van der Waals surface area contributed by atoms with E-state index in [2.05, 4.69) is 35.4 Å². The minimum absolute atomic E-state index is 0.182. The first-order valence-corrected chi connectivity index (χ1v) is 9.81. The molecular formula is C16H18Cl2N2S2. The Balaban J connectivity index is 1.87. The van der Waals surface area contributed by atoms with Crippen molar-refractivity contribution < 1.29 is 0 Å². The first-order chi connectivity index (χ1) is 10.6. The van der Waals surface area contributed by atoms with E-state index in [9.17, 15) is 0 Å². The van der Waals surface area contributed by atoms with Gasteiger partial charge in [0.05, 0.1) is 17.3 Å². The molecule has 0 saturated heterocycles. The van der Waals surface area contributed by atoms with E-state index in [1.165, 1.54) is 9.78 Å². The summed E-state index contributed by atoms with van der Waals surface area (Å²) >= 11 is 16.7. The van der Waals surface area contributed by atoms with Crippen LogP contribution in [0.2, 0.25) is 0 Å². The molecule has 0 fully saturated rings. The van der Waals surface area contributed by atoms with Crippen LogP contribution in [0.4, 0.5) is 0 Å². The standard InChI is InChI=1S/C16H18Cl2N2S2/c1-2-10(19)8-13-15(18)16-12(22-13)5-6-14(17)20(16)9-11-4-3-7-21-11/h3-7,10,13H,2,8-9,19H2,1H3/t10-,13?/m0/s1. The van der Waals surface area contributed by atoms with Crippen molar-refractivity contribution in [2.45, 2.75) is 37.6 Å². The quantitative estimate of drug-likeness (QED) is 0.718. The van der Waals surface area contributed by atoms with E-state index in [1.807, 2.05) is 6.08 Å². The maximum absolute atomic E-state index is 6.69. The summed E-state index contributed by atoms with van der Waals surface area (Å²) < 4.78 is 0. The zero-order valence-corrected chi connectivity index (χ0v) is 15.4. The van der Waals surface area contributed by atoms with Gasteiger partial charge in [0.15, 0.2) is 0 Å². The minimum atomic E-state index is 0.182. The van der Waals surface area contributed by atoms with Gasteiger partial charge in [0, 0.05) is 21.1 Å². The van der Waals surface area contributed by atoms with Crippen molar-refractivity contribution in [2.24, 2.45) is 5.73 Å². The molecule has 3 rings (SSSR count). The Labute approximate surface area is 149 Å². The molecule has 1 unspecified atom stereocenters. The number of nitrogens with zero attached hydrogens (tertiary/aromatic N) is 1. The van der Waals surface area contributed by atoms with Gasteiger partial charge in [0.25, 0.3) is 0 Å². The van der Waals surface area contributed by atoms with Gasteiger partial charge in [-0.3, -0.25) is 0 Å². The highest BCUT2D eigenvalue weighted by Crippen LogP contribution is 2.50. The van der Waals surface area contributed by atoms with E-state index in [0.717, 1.165) is 30.1 Å². The Morgan fingerprint density at radius 1 is 1.36 bits per heavy atom. The molecule has 0 aromatic carbocycles. The van der Waals surface area contributed by atoms with Crippen molar-refractivity contribution in [1.82, 2.24) is 4.90 Å². The van der Waals surface area contributed by atoms with Crippen molar-refractivity contribution in [3.63, 3.8) is 0 Å². The lowest BCUT2D eigenvalue weighted by molar-refractivity contribution is 0.456. The average Bonchev–Trinajstić information content (AvgIpc) is 3.11. The second kappa shape index (κ2) is 7.02. The third-order valence-corrected chi connectivity index (χ3v) is 6.91. The van der Waals surface area contributed by atoms with Crippen LogP contribution in [0.5, 0.6) is 0 Å². The normalized spacial score (nSPS) is 22.5. The molecule has 1 aromatic rings. The molecule has 0 amide bonds. The SMILES string of the molecule is CC[C@H](N)CC1SC2=CC=C(Cl)N(Cc3cccs3)C2=C1Cl. The van der Waals surface area contributed by atoms with E-state index in [-0.39, 0.29) is 11.3 Å². The van der Waals surface area contributed by atoms with Crippen LogP contribution >= 0.6 is 46.3 Å². The number of fused-ring (bicyclic) bond motifs is 1. The van der Waals surface area contributed by atoms with Crippen molar-refractivity contribution in [3.8, 4) is 0 Å². The Morgan fingerprint density at radius 2 is 2.18 bits per heavy atom. The number of rotatable bonds is 5. The van der Waals surface area contributed by atoms with E-state index in [0.29, 0.717) is 5.16 Å². The number of hydrogen-bond donors (Lipinski definition) is 1. The first kappa shape index (κ1) is 16.5. The van der Waals surface area contributed by atoms with Crippen molar-refractivity contribution >= 4 is 46.3 Å². The largest absolute Gasteiger partial charge is 0.328 e. The Kier molecular flexibility index (Phi) is 5.25. The summed E-state index contributed by atoms with van der Waals surface area (Å²) in [5.41, 5.74) is 7.17. The van der Waals surface area contributed by atoms with Gasteiger partial charge in [-0.1, -0.05) is 36.2 Å².